The van der Waals surface area contributed by atoms with Gasteiger partial charge in [0.25, 0.3) is 0 Å². The number of nitrogen functional groups attached to an aromatic ring is 1. The van der Waals surface area contributed by atoms with E-state index in [0.717, 1.165) is 6.20 Å². The molecule has 0 spiro atoms. The van der Waals surface area contributed by atoms with E-state index in [4.69, 9.17) is 5.73 Å². The Balaban J connectivity index is 2.46. The Morgan fingerprint density at radius 3 is 2.78 bits per heavy atom. The molecule has 3 N–H and O–H groups in total. The molecule has 6 nitrogen and oxygen atoms in total. The number of anilines is 2. The Morgan fingerprint density at radius 1 is 1.50 bits per heavy atom. The molecule has 0 aliphatic carbocycles. The highest BCUT2D eigenvalue weighted by Crippen LogP contribution is 2.09. The minimum atomic E-state index is -0.584. The minimum absolute atomic E-state index is 0.00558. The molecular weight excluding hydrogens is 237 g/mol. The molecule has 7 heteroatoms. The van der Waals surface area contributed by atoms with E-state index in [-0.39, 0.29) is 24.1 Å². The molecule has 0 saturated carbocycles. The smallest absolute Gasteiger partial charge is 0.224 e. The molecule has 0 aliphatic rings. The molecule has 0 aliphatic heterocycles. The molecule has 0 saturated heterocycles. The summed E-state index contributed by atoms with van der Waals surface area (Å²) in [5.41, 5.74) is 5.35. The number of nitrogens with two attached hydrogens (primary N) is 1. The fraction of sp³-hybridized carbons (Fsp3) is 0.545. The molecule has 1 amide bonds. The summed E-state index contributed by atoms with van der Waals surface area (Å²) < 4.78 is 13.2. The van der Waals surface area contributed by atoms with E-state index in [1.54, 1.807) is 4.90 Å². The molecule has 1 heterocycles. The van der Waals surface area contributed by atoms with Gasteiger partial charge in [0, 0.05) is 26.1 Å². The van der Waals surface area contributed by atoms with Gasteiger partial charge in [-0.3, -0.25) is 4.79 Å². The number of nitrogens with zero attached hydrogens (tertiary/aromatic N) is 3. The van der Waals surface area contributed by atoms with Crippen LogP contribution in [0.2, 0.25) is 0 Å². The maximum Gasteiger partial charge on any atom is 0.224 e. The summed E-state index contributed by atoms with van der Waals surface area (Å²) in [5.74, 6) is -0.543. The quantitative estimate of drug-likeness (QED) is 0.788. The Bertz CT molecular complexity index is 408. The van der Waals surface area contributed by atoms with Crippen LogP contribution in [0, 0.1) is 5.82 Å². The van der Waals surface area contributed by atoms with Crippen molar-refractivity contribution in [2.24, 2.45) is 0 Å². The van der Waals surface area contributed by atoms with Crippen LogP contribution < -0.4 is 11.1 Å². The fourth-order valence-corrected chi connectivity index (χ4v) is 1.53. The van der Waals surface area contributed by atoms with Gasteiger partial charge in [0.1, 0.15) is 0 Å². The SMILES string of the molecule is CCN(CC)C(=O)CCNc1nc(N)ncc1F. The topological polar surface area (TPSA) is 84.1 Å². The highest BCUT2D eigenvalue weighted by Gasteiger charge is 2.10. The van der Waals surface area contributed by atoms with Gasteiger partial charge in [-0.05, 0) is 13.8 Å². The molecule has 0 fully saturated rings. The number of nitrogens with one attached hydrogen (secondary N) is 1. The summed E-state index contributed by atoms with van der Waals surface area (Å²) >= 11 is 0. The number of amides is 1. The average molecular weight is 255 g/mol. The minimum Gasteiger partial charge on any atom is -0.368 e. The number of carbonyl (C=O) groups is 1. The van der Waals surface area contributed by atoms with E-state index in [2.05, 4.69) is 15.3 Å². The molecule has 1 rings (SSSR count). The van der Waals surface area contributed by atoms with Crippen molar-refractivity contribution in [3.05, 3.63) is 12.0 Å². The number of carbonyl (C=O) groups excluding carboxylic acids is 1. The lowest BCUT2D eigenvalue weighted by molar-refractivity contribution is -0.130. The van der Waals surface area contributed by atoms with Crippen molar-refractivity contribution in [2.75, 3.05) is 30.7 Å². The zero-order valence-electron chi connectivity index (χ0n) is 10.6. The van der Waals surface area contributed by atoms with Crippen molar-refractivity contribution in [1.29, 1.82) is 0 Å². The number of halogens is 1. The summed E-state index contributed by atoms with van der Waals surface area (Å²) in [6, 6.07) is 0. The standard InChI is InChI=1S/C11H18FN5O/c1-3-17(4-2)9(18)5-6-14-10-8(12)7-15-11(13)16-10/h7H,3-6H2,1-2H3,(H3,13,14,15,16). The summed E-state index contributed by atoms with van der Waals surface area (Å²) in [6.07, 6.45) is 1.28. The van der Waals surface area contributed by atoms with Crippen LogP contribution in [-0.4, -0.2) is 40.4 Å². The summed E-state index contributed by atoms with van der Waals surface area (Å²) in [5, 5.41) is 2.73. The first-order valence-corrected chi connectivity index (χ1v) is 5.88. The second kappa shape index (κ2) is 6.73. The van der Waals surface area contributed by atoms with E-state index in [1.165, 1.54) is 0 Å². The van der Waals surface area contributed by atoms with Crippen LogP contribution in [0.25, 0.3) is 0 Å². The number of aromatic nitrogens is 2. The van der Waals surface area contributed by atoms with E-state index in [9.17, 15) is 9.18 Å². The zero-order valence-corrected chi connectivity index (χ0v) is 10.6. The third kappa shape index (κ3) is 3.83. The van der Waals surface area contributed by atoms with Crippen molar-refractivity contribution >= 4 is 17.7 Å². The number of rotatable bonds is 6. The van der Waals surface area contributed by atoms with Gasteiger partial charge in [0.05, 0.1) is 6.20 Å². The van der Waals surface area contributed by atoms with Crippen molar-refractivity contribution < 1.29 is 9.18 Å². The average Bonchev–Trinajstić information content (AvgIpc) is 2.35. The molecule has 100 valence electrons. The zero-order chi connectivity index (χ0) is 13.5. The van der Waals surface area contributed by atoms with Gasteiger partial charge < -0.3 is 16.0 Å². The third-order valence-electron chi connectivity index (χ3n) is 2.51. The van der Waals surface area contributed by atoms with E-state index < -0.39 is 5.82 Å². The highest BCUT2D eigenvalue weighted by molar-refractivity contribution is 5.76. The molecule has 0 unspecified atom stereocenters. The van der Waals surface area contributed by atoms with E-state index in [0.29, 0.717) is 19.6 Å². The van der Waals surface area contributed by atoms with Crippen molar-refractivity contribution in [1.82, 2.24) is 14.9 Å². The predicted molar refractivity (Wildman–Crippen MR) is 67.4 cm³/mol. The van der Waals surface area contributed by atoms with Crippen molar-refractivity contribution in [2.45, 2.75) is 20.3 Å². The van der Waals surface area contributed by atoms with Crippen molar-refractivity contribution in [3.8, 4) is 0 Å². The van der Waals surface area contributed by atoms with Gasteiger partial charge in [-0.1, -0.05) is 0 Å². The molecule has 18 heavy (non-hydrogen) atoms. The maximum absolute atomic E-state index is 13.2. The van der Waals surface area contributed by atoms with Crippen LogP contribution in [-0.2, 0) is 4.79 Å². The van der Waals surface area contributed by atoms with E-state index >= 15 is 0 Å². The molecule has 0 radical (unpaired) electrons. The second-order valence-electron chi connectivity index (χ2n) is 3.67. The molecule has 0 bridgehead atoms. The van der Waals surface area contributed by atoms with Crippen molar-refractivity contribution in [3.63, 3.8) is 0 Å². The van der Waals surface area contributed by atoms with Crippen LogP contribution in [0.3, 0.4) is 0 Å². The Labute approximate surface area is 105 Å². The van der Waals surface area contributed by atoms with Crippen LogP contribution in [0.1, 0.15) is 20.3 Å². The summed E-state index contributed by atoms with van der Waals surface area (Å²) in [4.78, 5) is 20.6. The molecule has 1 aromatic rings. The summed E-state index contributed by atoms with van der Waals surface area (Å²) in [7, 11) is 0. The van der Waals surface area contributed by atoms with Crippen LogP contribution in [0.4, 0.5) is 16.2 Å². The van der Waals surface area contributed by atoms with Gasteiger partial charge in [0.15, 0.2) is 11.6 Å². The lowest BCUT2D eigenvalue weighted by atomic mass is 10.3. The largest absolute Gasteiger partial charge is 0.368 e. The normalized spacial score (nSPS) is 10.2. The molecule has 0 aromatic carbocycles. The van der Waals surface area contributed by atoms with Crippen LogP contribution >= 0.6 is 0 Å². The van der Waals surface area contributed by atoms with Gasteiger partial charge >= 0.3 is 0 Å². The molecule has 1 aromatic heterocycles. The fourth-order valence-electron chi connectivity index (χ4n) is 1.53. The molecule has 0 atom stereocenters. The first-order valence-electron chi connectivity index (χ1n) is 5.88. The Morgan fingerprint density at radius 2 is 2.17 bits per heavy atom. The summed E-state index contributed by atoms with van der Waals surface area (Å²) in [6.45, 7) is 5.48. The Kier molecular flexibility index (Phi) is 5.29. The maximum atomic E-state index is 13.2. The van der Waals surface area contributed by atoms with Gasteiger partial charge in [-0.2, -0.15) is 4.98 Å². The van der Waals surface area contributed by atoms with Gasteiger partial charge in [-0.15, -0.1) is 0 Å². The van der Waals surface area contributed by atoms with Crippen LogP contribution in [0.15, 0.2) is 6.20 Å². The monoisotopic (exact) mass is 255 g/mol. The molecular formula is C11H18FN5O. The predicted octanol–water partition coefficient (Wildman–Crippen LogP) is 0.868. The van der Waals surface area contributed by atoms with E-state index in [1.807, 2.05) is 13.8 Å². The highest BCUT2D eigenvalue weighted by atomic mass is 19.1. The van der Waals surface area contributed by atoms with Gasteiger partial charge in [0.2, 0.25) is 11.9 Å². The third-order valence-corrected chi connectivity index (χ3v) is 2.51. The number of hydrogen-bond donors (Lipinski definition) is 2. The second-order valence-corrected chi connectivity index (χ2v) is 3.67. The van der Waals surface area contributed by atoms with Crippen LogP contribution in [0.5, 0.6) is 0 Å². The lowest BCUT2D eigenvalue weighted by Gasteiger charge is -2.18. The first-order chi connectivity index (χ1) is 8.58. The van der Waals surface area contributed by atoms with Gasteiger partial charge in [-0.25, -0.2) is 9.37 Å². The Hall–Kier alpha value is -1.92. The first kappa shape index (κ1) is 14.1. The lowest BCUT2D eigenvalue weighted by Crippen LogP contribution is -2.31. The number of hydrogen-bond acceptors (Lipinski definition) is 5.